The number of amides is 3. The second-order valence-electron chi connectivity index (χ2n) is 8.53. The topological polar surface area (TPSA) is 208 Å². The normalized spacial score (nSPS) is 15.9. The van der Waals surface area contributed by atoms with Crippen LogP contribution in [0, 0.1) is 11.8 Å². The molecule has 0 bridgehead atoms. The first-order valence-electron chi connectivity index (χ1n) is 10.5. The lowest BCUT2D eigenvalue weighted by Gasteiger charge is -2.27. The number of aliphatic carboxylic acids is 2. The van der Waals surface area contributed by atoms with Gasteiger partial charge in [-0.25, -0.2) is 4.79 Å². The van der Waals surface area contributed by atoms with Gasteiger partial charge in [-0.15, -0.1) is 0 Å². The maximum atomic E-state index is 12.7. The third kappa shape index (κ3) is 10.5. The number of rotatable bonds is 14. The molecular weight excluding hydrogens is 424 g/mol. The summed E-state index contributed by atoms with van der Waals surface area (Å²) in [4.78, 5) is 59.9. The molecule has 5 atom stereocenters. The number of carboxylic acids is 2. The average Bonchev–Trinajstić information content (AvgIpc) is 2.65. The van der Waals surface area contributed by atoms with E-state index in [2.05, 4.69) is 16.0 Å². The Morgan fingerprint density at radius 3 is 1.75 bits per heavy atom. The fourth-order valence-corrected chi connectivity index (χ4v) is 2.85. The standard InChI is InChI=1S/C20H36N4O8/c1-9(2)8-12(21)17(28)22-13(6-7-14(26)27)18(29)24-16(11(5)25)19(30)23-15(10(3)4)20(31)32/h9-13,15-16,25H,6-8,21H2,1-5H3,(H,22,28)(H,23,30)(H,24,29)(H,26,27)(H,31,32). The number of nitrogens with two attached hydrogens (primary N) is 1. The van der Waals surface area contributed by atoms with Gasteiger partial charge in [0, 0.05) is 6.42 Å². The Morgan fingerprint density at radius 2 is 1.34 bits per heavy atom. The number of nitrogens with one attached hydrogen (secondary N) is 3. The molecule has 3 amide bonds. The Balaban J connectivity index is 5.47. The highest BCUT2D eigenvalue weighted by molar-refractivity contribution is 5.94. The van der Waals surface area contributed by atoms with E-state index in [9.17, 15) is 34.2 Å². The van der Waals surface area contributed by atoms with Gasteiger partial charge in [-0.1, -0.05) is 27.7 Å². The van der Waals surface area contributed by atoms with Gasteiger partial charge in [0.1, 0.15) is 18.1 Å². The van der Waals surface area contributed by atoms with Crippen molar-refractivity contribution in [3.05, 3.63) is 0 Å². The maximum absolute atomic E-state index is 12.7. The smallest absolute Gasteiger partial charge is 0.326 e. The van der Waals surface area contributed by atoms with E-state index in [1.165, 1.54) is 6.92 Å². The van der Waals surface area contributed by atoms with Crippen molar-refractivity contribution >= 4 is 29.7 Å². The lowest BCUT2D eigenvalue weighted by Crippen LogP contribution is -2.60. The molecule has 32 heavy (non-hydrogen) atoms. The summed E-state index contributed by atoms with van der Waals surface area (Å²) in [7, 11) is 0. The van der Waals surface area contributed by atoms with Crippen LogP contribution in [-0.4, -0.2) is 75.3 Å². The first-order valence-corrected chi connectivity index (χ1v) is 10.5. The SMILES string of the molecule is CC(C)CC(N)C(=O)NC(CCC(=O)O)C(=O)NC(C(=O)NC(C(=O)O)C(C)C)C(C)O. The lowest BCUT2D eigenvalue weighted by atomic mass is 10.0. The highest BCUT2D eigenvalue weighted by Gasteiger charge is 2.33. The molecular formula is C20H36N4O8. The largest absolute Gasteiger partial charge is 0.481 e. The predicted octanol–water partition coefficient (Wildman–Crippen LogP) is -1.20. The zero-order chi connectivity index (χ0) is 25.2. The molecule has 0 aliphatic carbocycles. The Bertz CT molecular complexity index is 681. The van der Waals surface area contributed by atoms with Gasteiger partial charge in [-0.2, -0.15) is 0 Å². The van der Waals surface area contributed by atoms with Crippen LogP contribution in [0.2, 0.25) is 0 Å². The summed E-state index contributed by atoms with van der Waals surface area (Å²) in [6, 6.07) is -5.03. The van der Waals surface area contributed by atoms with Gasteiger partial charge in [0.25, 0.3) is 0 Å². The van der Waals surface area contributed by atoms with Crippen LogP contribution < -0.4 is 21.7 Å². The minimum absolute atomic E-state index is 0.105. The molecule has 0 aliphatic rings. The molecule has 12 heteroatoms. The molecule has 0 rings (SSSR count). The molecule has 8 N–H and O–H groups in total. The van der Waals surface area contributed by atoms with Gasteiger partial charge < -0.3 is 37.0 Å². The van der Waals surface area contributed by atoms with Gasteiger partial charge in [0.05, 0.1) is 12.1 Å². The average molecular weight is 461 g/mol. The first kappa shape index (κ1) is 29.3. The van der Waals surface area contributed by atoms with Crippen LogP contribution in [0.4, 0.5) is 0 Å². The quantitative estimate of drug-likeness (QED) is 0.166. The summed E-state index contributed by atoms with van der Waals surface area (Å²) in [6.07, 6.45) is -1.79. The van der Waals surface area contributed by atoms with Gasteiger partial charge in [-0.3, -0.25) is 19.2 Å². The van der Waals surface area contributed by atoms with Crippen LogP contribution in [0.3, 0.4) is 0 Å². The molecule has 0 spiro atoms. The van der Waals surface area contributed by atoms with E-state index in [0.717, 1.165) is 0 Å². The van der Waals surface area contributed by atoms with Crippen molar-refractivity contribution in [1.82, 2.24) is 16.0 Å². The number of carbonyl (C=O) groups excluding carboxylic acids is 3. The Labute approximate surface area is 187 Å². The lowest BCUT2D eigenvalue weighted by molar-refractivity contribution is -0.144. The number of hydrogen-bond acceptors (Lipinski definition) is 7. The molecule has 0 fully saturated rings. The third-order valence-electron chi connectivity index (χ3n) is 4.64. The van der Waals surface area contributed by atoms with Crippen molar-refractivity contribution in [3.8, 4) is 0 Å². The van der Waals surface area contributed by atoms with Gasteiger partial charge in [0.15, 0.2) is 0 Å². The molecule has 0 saturated heterocycles. The molecule has 0 aromatic rings. The maximum Gasteiger partial charge on any atom is 0.326 e. The van der Waals surface area contributed by atoms with Gasteiger partial charge >= 0.3 is 11.9 Å². The molecule has 5 unspecified atom stereocenters. The summed E-state index contributed by atoms with van der Waals surface area (Å²) in [6.45, 7) is 8.09. The third-order valence-corrected chi connectivity index (χ3v) is 4.64. The molecule has 0 aromatic heterocycles. The van der Waals surface area contributed by atoms with Gasteiger partial charge in [-0.05, 0) is 31.6 Å². The van der Waals surface area contributed by atoms with E-state index in [0.29, 0.717) is 6.42 Å². The van der Waals surface area contributed by atoms with Gasteiger partial charge in [0.2, 0.25) is 17.7 Å². The molecule has 184 valence electrons. The molecule has 0 saturated carbocycles. The van der Waals surface area contributed by atoms with E-state index in [4.69, 9.17) is 10.8 Å². The van der Waals surface area contributed by atoms with E-state index in [-0.39, 0.29) is 12.3 Å². The van der Waals surface area contributed by atoms with Crippen molar-refractivity contribution < 1.29 is 39.3 Å². The minimum Gasteiger partial charge on any atom is -0.481 e. The summed E-state index contributed by atoms with van der Waals surface area (Å²) >= 11 is 0. The van der Waals surface area contributed by atoms with Crippen molar-refractivity contribution in [2.75, 3.05) is 0 Å². The second kappa shape index (κ2) is 13.6. The van der Waals surface area contributed by atoms with Crippen molar-refractivity contribution in [2.24, 2.45) is 17.6 Å². The molecule has 0 radical (unpaired) electrons. The number of carbonyl (C=O) groups is 5. The van der Waals surface area contributed by atoms with Crippen LogP contribution in [0.1, 0.15) is 53.9 Å². The van der Waals surface area contributed by atoms with E-state index < -0.39 is 72.3 Å². The van der Waals surface area contributed by atoms with Crippen molar-refractivity contribution in [2.45, 2.75) is 84.2 Å². The van der Waals surface area contributed by atoms with Crippen LogP contribution in [0.15, 0.2) is 0 Å². The second-order valence-corrected chi connectivity index (χ2v) is 8.53. The Hall–Kier alpha value is -2.73. The fraction of sp³-hybridized carbons (Fsp3) is 0.750. The zero-order valence-corrected chi connectivity index (χ0v) is 19.1. The number of hydrogen-bond donors (Lipinski definition) is 7. The Morgan fingerprint density at radius 1 is 0.812 bits per heavy atom. The first-order chi connectivity index (χ1) is 14.7. The van der Waals surface area contributed by atoms with Crippen LogP contribution >= 0.6 is 0 Å². The summed E-state index contributed by atoms with van der Waals surface area (Å²) in [5.74, 6) is -5.35. The summed E-state index contributed by atoms with van der Waals surface area (Å²) < 4.78 is 0. The highest BCUT2D eigenvalue weighted by atomic mass is 16.4. The van der Waals surface area contributed by atoms with Crippen LogP contribution in [0.5, 0.6) is 0 Å². The summed E-state index contributed by atoms with van der Waals surface area (Å²) in [5.41, 5.74) is 5.81. The van der Waals surface area contributed by atoms with E-state index in [1.54, 1.807) is 13.8 Å². The monoisotopic (exact) mass is 460 g/mol. The zero-order valence-electron chi connectivity index (χ0n) is 19.1. The Kier molecular flexibility index (Phi) is 12.5. The molecule has 0 heterocycles. The molecule has 0 aromatic carbocycles. The van der Waals surface area contributed by atoms with Crippen molar-refractivity contribution in [1.29, 1.82) is 0 Å². The minimum atomic E-state index is -1.53. The van der Waals surface area contributed by atoms with Crippen molar-refractivity contribution in [3.63, 3.8) is 0 Å². The summed E-state index contributed by atoms with van der Waals surface area (Å²) in [5, 5.41) is 35.1. The molecule has 12 nitrogen and oxygen atoms in total. The van der Waals surface area contributed by atoms with Crippen LogP contribution in [-0.2, 0) is 24.0 Å². The number of aliphatic hydroxyl groups is 1. The number of aliphatic hydroxyl groups excluding tert-OH is 1. The number of carboxylic acid groups (broad SMARTS) is 2. The van der Waals surface area contributed by atoms with E-state index >= 15 is 0 Å². The van der Waals surface area contributed by atoms with Crippen LogP contribution in [0.25, 0.3) is 0 Å². The fourth-order valence-electron chi connectivity index (χ4n) is 2.85. The predicted molar refractivity (Wildman–Crippen MR) is 114 cm³/mol. The molecule has 0 aliphatic heterocycles. The highest BCUT2D eigenvalue weighted by Crippen LogP contribution is 2.07. The van der Waals surface area contributed by atoms with E-state index in [1.807, 2.05) is 13.8 Å².